The molecule has 1 aliphatic rings. The lowest BCUT2D eigenvalue weighted by Crippen LogP contribution is -2.26. The molecule has 1 N–H and O–H groups in total. The molecule has 0 bridgehead atoms. The molecule has 2 heteroatoms. The van der Waals surface area contributed by atoms with Crippen LogP contribution in [0.4, 0.5) is 4.39 Å². The number of rotatable bonds is 5. The van der Waals surface area contributed by atoms with Crippen LogP contribution in [0.3, 0.4) is 0 Å². The monoisotopic (exact) mass is 283 g/mol. The van der Waals surface area contributed by atoms with E-state index in [1.807, 2.05) is 6.07 Å². The summed E-state index contributed by atoms with van der Waals surface area (Å²) in [5.41, 5.74) is 4.09. The van der Waals surface area contributed by atoms with Crippen molar-refractivity contribution in [1.29, 1.82) is 0 Å². The summed E-state index contributed by atoms with van der Waals surface area (Å²) in [5, 5.41) is 3.54. The summed E-state index contributed by atoms with van der Waals surface area (Å²) >= 11 is 0. The van der Waals surface area contributed by atoms with Crippen molar-refractivity contribution in [3.63, 3.8) is 0 Å². The van der Waals surface area contributed by atoms with Gasteiger partial charge in [-0.25, -0.2) is 4.39 Å². The van der Waals surface area contributed by atoms with Gasteiger partial charge in [-0.15, -0.1) is 0 Å². The van der Waals surface area contributed by atoms with E-state index in [1.165, 1.54) is 36.5 Å². The van der Waals surface area contributed by atoms with Gasteiger partial charge in [-0.1, -0.05) is 36.4 Å². The molecule has 1 nitrogen and oxygen atoms in total. The first-order chi connectivity index (χ1) is 10.3. The maximum Gasteiger partial charge on any atom is 0.123 e. The number of fused-ring (bicyclic) bond motifs is 1. The lowest BCUT2D eigenvalue weighted by Gasteiger charge is -2.25. The van der Waals surface area contributed by atoms with Crippen molar-refractivity contribution in [3.05, 3.63) is 71.0 Å². The highest BCUT2D eigenvalue weighted by Crippen LogP contribution is 2.30. The summed E-state index contributed by atoms with van der Waals surface area (Å²) in [4.78, 5) is 0. The summed E-state index contributed by atoms with van der Waals surface area (Å²) in [6.45, 7) is 1.93. The average molecular weight is 283 g/mol. The van der Waals surface area contributed by atoms with Crippen LogP contribution in [0.1, 0.15) is 35.4 Å². The van der Waals surface area contributed by atoms with Gasteiger partial charge in [0.05, 0.1) is 0 Å². The molecule has 0 aliphatic heterocycles. The molecule has 0 heterocycles. The molecule has 0 amide bonds. The van der Waals surface area contributed by atoms with Crippen LogP contribution in [-0.4, -0.2) is 13.1 Å². The lowest BCUT2D eigenvalue weighted by atomic mass is 9.83. The molecule has 0 spiro atoms. The van der Waals surface area contributed by atoms with E-state index in [9.17, 15) is 4.39 Å². The fourth-order valence-electron chi connectivity index (χ4n) is 3.27. The van der Waals surface area contributed by atoms with Crippen LogP contribution in [0, 0.1) is 5.82 Å². The number of benzene rings is 2. The molecule has 0 saturated carbocycles. The molecule has 3 rings (SSSR count). The van der Waals surface area contributed by atoms with Gasteiger partial charge in [0, 0.05) is 6.54 Å². The first kappa shape index (κ1) is 14.3. The zero-order valence-electron chi connectivity index (χ0n) is 12.3. The van der Waals surface area contributed by atoms with Crippen molar-refractivity contribution in [1.82, 2.24) is 5.32 Å². The van der Waals surface area contributed by atoms with Crippen molar-refractivity contribution in [2.24, 2.45) is 0 Å². The van der Waals surface area contributed by atoms with Crippen molar-refractivity contribution in [2.75, 3.05) is 13.1 Å². The van der Waals surface area contributed by atoms with Crippen LogP contribution in [0.15, 0.2) is 48.5 Å². The standard InChI is InChI=1S/C19H22FN/c20-18-9-3-5-15(13-18)11-12-21-14-17-8-4-7-16-6-1-2-10-19(16)17/h1-3,5-6,9-10,13,17,21H,4,7-8,11-12,14H2. The molecule has 2 aromatic rings. The Balaban J connectivity index is 1.50. The Morgan fingerprint density at radius 2 is 2.00 bits per heavy atom. The Morgan fingerprint density at radius 1 is 1.10 bits per heavy atom. The molecule has 1 atom stereocenters. The largest absolute Gasteiger partial charge is 0.316 e. The summed E-state index contributed by atoms with van der Waals surface area (Å²) < 4.78 is 13.1. The smallest absolute Gasteiger partial charge is 0.123 e. The molecule has 2 aromatic carbocycles. The molecule has 0 saturated heterocycles. The second-order valence-corrected chi connectivity index (χ2v) is 5.87. The van der Waals surface area contributed by atoms with Crippen molar-refractivity contribution in [3.8, 4) is 0 Å². The Hall–Kier alpha value is -1.67. The van der Waals surface area contributed by atoms with E-state index in [0.717, 1.165) is 25.1 Å². The SMILES string of the molecule is Fc1cccc(CCNCC2CCCc3ccccc32)c1. The van der Waals surface area contributed by atoms with Crippen LogP contribution < -0.4 is 5.32 Å². The number of aryl methyl sites for hydroxylation is 1. The third-order valence-corrected chi connectivity index (χ3v) is 4.36. The zero-order chi connectivity index (χ0) is 14.5. The number of nitrogens with one attached hydrogen (secondary N) is 1. The van der Waals surface area contributed by atoms with E-state index in [1.54, 1.807) is 12.1 Å². The van der Waals surface area contributed by atoms with Crippen molar-refractivity contribution < 1.29 is 4.39 Å². The van der Waals surface area contributed by atoms with Crippen molar-refractivity contribution in [2.45, 2.75) is 31.6 Å². The van der Waals surface area contributed by atoms with E-state index >= 15 is 0 Å². The predicted octanol–water partition coefficient (Wildman–Crippen LogP) is 4.08. The molecule has 0 fully saturated rings. The highest BCUT2D eigenvalue weighted by molar-refractivity contribution is 5.32. The second kappa shape index (κ2) is 6.86. The lowest BCUT2D eigenvalue weighted by molar-refractivity contribution is 0.509. The molecule has 1 aliphatic carbocycles. The Bertz CT molecular complexity index is 594. The topological polar surface area (TPSA) is 12.0 Å². The molecule has 0 radical (unpaired) electrons. The minimum absolute atomic E-state index is 0.145. The van der Waals surface area contributed by atoms with Gasteiger partial charge in [-0.2, -0.15) is 0 Å². The van der Waals surface area contributed by atoms with Crippen LogP contribution in [-0.2, 0) is 12.8 Å². The summed E-state index contributed by atoms with van der Waals surface area (Å²) in [6.07, 6.45) is 4.65. The van der Waals surface area contributed by atoms with E-state index in [2.05, 4.69) is 29.6 Å². The van der Waals surface area contributed by atoms with E-state index in [-0.39, 0.29) is 5.82 Å². The number of hydrogen-bond acceptors (Lipinski definition) is 1. The Kier molecular flexibility index (Phi) is 4.66. The number of halogens is 1. The molecular formula is C19H22FN. The van der Waals surface area contributed by atoms with Gasteiger partial charge in [0.1, 0.15) is 5.82 Å². The van der Waals surface area contributed by atoms with Crippen LogP contribution in [0.25, 0.3) is 0 Å². The Labute approximate surface area is 126 Å². The van der Waals surface area contributed by atoms with Crippen LogP contribution in [0.5, 0.6) is 0 Å². The minimum Gasteiger partial charge on any atom is -0.316 e. The van der Waals surface area contributed by atoms with Gasteiger partial charge >= 0.3 is 0 Å². The molecular weight excluding hydrogens is 261 g/mol. The first-order valence-corrected chi connectivity index (χ1v) is 7.86. The van der Waals surface area contributed by atoms with Gasteiger partial charge in [-0.05, 0) is 67.0 Å². The normalized spacial score (nSPS) is 17.5. The average Bonchev–Trinajstić information content (AvgIpc) is 2.52. The quantitative estimate of drug-likeness (QED) is 0.815. The molecule has 1 unspecified atom stereocenters. The second-order valence-electron chi connectivity index (χ2n) is 5.87. The summed E-state index contributed by atoms with van der Waals surface area (Å²) in [5.74, 6) is 0.483. The van der Waals surface area contributed by atoms with Gasteiger partial charge in [0.25, 0.3) is 0 Å². The maximum atomic E-state index is 13.1. The van der Waals surface area contributed by atoms with E-state index in [0.29, 0.717) is 5.92 Å². The fourth-order valence-corrected chi connectivity index (χ4v) is 3.27. The van der Waals surface area contributed by atoms with Gasteiger partial charge in [-0.3, -0.25) is 0 Å². The van der Waals surface area contributed by atoms with Crippen molar-refractivity contribution >= 4 is 0 Å². The molecule has 21 heavy (non-hydrogen) atoms. The Morgan fingerprint density at radius 3 is 2.90 bits per heavy atom. The van der Waals surface area contributed by atoms with Crippen LogP contribution >= 0.6 is 0 Å². The third-order valence-electron chi connectivity index (χ3n) is 4.36. The van der Waals surface area contributed by atoms with Gasteiger partial charge in [0.15, 0.2) is 0 Å². The molecule has 0 aromatic heterocycles. The maximum absolute atomic E-state index is 13.1. The highest BCUT2D eigenvalue weighted by Gasteiger charge is 2.18. The van der Waals surface area contributed by atoms with E-state index in [4.69, 9.17) is 0 Å². The summed E-state index contributed by atoms with van der Waals surface area (Å²) in [6, 6.07) is 15.7. The first-order valence-electron chi connectivity index (χ1n) is 7.86. The third kappa shape index (κ3) is 3.70. The number of hydrogen-bond donors (Lipinski definition) is 1. The van der Waals surface area contributed by atoms with Gasteiger partial charge in [0.2, 0.25) is 0 Å². The summed E-state index contributed by atoms with van der Waals surface area (Å²) in [7, 11) is 0. The molecule has 110 valence electrons. The predicted molar refractivity (Wildman–Crippen MR) is 85.1 cm³/mol. The van der Waals surface area contributed by atoms with Crippen LogP contribution in [0.2, 0.25) is 0 Å². The van der Waals surface area contributed by atoms with Gasteiger partial charge < -0.3 is 5.32 Å². The zero-order valence-corrected chi connectivity index (χ0v) is 12.3. The fraction of sp³-hybridized carbons (Fsp3) is 0.368. The highest BCUT2D eigenvalue weighted by atomic mass is 19.1. The van der Waals surface area contributed by atoms with E-state index < -0.39 is 0 Å². The minimum atomic E-state index is -0.145.